The topological polar surface area (TPSA) is 24.1 Å². The number of halogens is 3. The second-order valence-corrected chi connectivity index (χ2v) is 7.00. The molecule has 3 aromatic carbocycles. The molecule has 0 amide bonds. The van der Waals surface area contributed by atoms with Gasteiger partial charge in [-0.1, -0.05) is 72.8 Å². The molecule has 6 heteroatoms. The number of alkyl halides is 3. The van der Waals surface area contributed by atoms with Gasteiger partial charge in [0.25, 0.3) is 0 Å². The summed E-state index contributed by atoms with van der Waals surface area (Å²) in [6, 6.07) is 25.6. The summed E-state index contributed by atoms with van der Waals surface area (Å²) in [5.41, 5.74) is 1.57. The third-order valence-corrected chi connectivity index (χ3v) is 4.85. The van der Waals surface area contributed by atoms with Gasteiger partial charge in [0.2, 0.25) is 0 Å². The fourth-order valence-corrected chi connectivity index (χ4v) is 3.44. The van der Waals surface area contributed by atoms with Gasteiger partial charge in [0.15, 0.2) is 5.11 Å². The predicted molar refractivity (Wildman–Crippen MR) is 115 cm³/mol. The molecule has 150 valence electrons. The fraction of sp³-hybridized carbons (Fsp3) is 0.174. The lowest BCUT2D eigenvalue weighted by molar-refractivity contribution is -0.136. The van der Waals surface area contributed by atoms with E-state index in [2.05, 4.69) is 34.9 Å². The average Bonchev–Trinajstić information content (AvgIpc) is 2.72. The third kappa shape index (κ3) is 5.81. The van der Waals surface area contributed by atoms with Crippen molar-refractivity contribution in [2.75, 3.05) is 11.9 Å². The lowest BCUT2D eigenvalue weighted by atomic mass is 9.88. The SMILES string of the molecule is FC(F)(F)c1ccccc1NC(=S)NCCC(c1ccccc1)c1ccccc1. The van der Waals surface area contributed by atoms with Gasteiger partial charge >= 0.3 is 6.18 Å². The van der Waals surface area contributed by atoms with Crippen LogP contribution in [0.15, 0.2) is 84.9 Å². The molecule has 0 heterocycles. The first-order valence-electron chi connectivity index (χ1n) is 9.26. The highest BCUT2D eigenvalue weighted by molar-refractivity contribution is 7.80. The van der Waals surface area contributed by atoms with Crippen LogP contribution in [0.25, 0.3) is 0 Å². The van der Waals surface area contributed by atoms with E-state index in [1.807, 2.05) is 36.4 Å². The molecule has 0 saturated heterocycles. The molecule has 0 atom stereocenters. The Morgan fingerprint density at radius 2 is 1.31 bits per heavy atom. The van der Waals surface area contributed by atoms with Gasteiger partial charge in [-0.15, -0.1) is 0 Å². The lowest BCUT2D eigenvalue weighted by Crippen LogP contribution is -2.31. The van der Waals surface area contributed by atoms with E-state index >= 15 is 0 Å². The number of rotatable bonds is 6. The van der Waals surface area contributed by atoms with Crippen LogP contribution in [0, 0.1) is 0 Å². The minimum absolute atomic E-state index is 0.0554. The summed E-state index contributed by atoms with van der Waals surface area (Å²) in [7, 11) is 0. The summed E-state index contributed by atoms with van der Waals surface area (Å²) in [6.45, 7) is 0.522. The Kier molecular flexibility index (Phi) is 6.88. The van der Waals surface area contributed by atoms with Gasteiger partial charge in [-0.25, -0.2) is 0 Å². The molecule has 0 bridgehead atoms. The number of thiocarbonyl (C=S) groups is 1. The second kappa shape index (κ2) is 9.56. The molecule has 0 radical (unpaired) electrons. The summed E-state index contributed by atoms with van der Waals surface area (Å²) in [5, 5.41) is 5.87. The quantitative estimate of drug-likeness (QED) is 0.469. The van der Waals surface area contributed by atoms with Crippen LogP contribution in [0.5, 0.6) is 0 Å². The molecule has 2 nitrogen and oxygen atoms in total. The zero-order chi connectivity index (χ0) is 20.7. The molecule has 0 spiro atoms. The molecule has 3 aromatic rings. The van der Waals surface area contributed by atoms with Crippen molar-refractivity contribution >= 4 is 23.0 Å². The van der Waals surface area contributed by atoms with Gasteiger partial charge in [0.1, 0.15) is 0 Å². The molecular weight excluding hydrogens is 393 g/mol. The molecule has 0 aliphatic heterocycles. The molecule has 0 aliphatic carbocycles. The number of hydrogen-bond donors (Lipinski definition) is 2. The van der Waals surface area contributed by atoms with E-state index in [4.69, 9.17) is 12.2 Å². The zero-order valence-electron chi connectivity index (χ0n) is 15.6. The Hall–Kier alpha value is -2.86. The Morgan fingerprint density at radius 1 is 0.793 bits per heavy atom. The highest BCUT2D eigenvalue weighted by atomic mass is 32.1. The average molecular weight is 414 g/mol. The first kappa shape index (κ1) is 20.9. The van der Waals surface area contributed by atoms with Gasteiger partial charge in [-0.2, -0.15) is 13.2 Å². The monoisotopic (exact) mass is 414 g/mol. The van der Waals surface area contributed by atoms with E-state index < -0.39 is 11.7 Å². The number of benzene rings is 3. The lowest BCUT2D eigenvalue weighted by Gasteiger charge is -2.20. The van der Waals surface area contributed by atoms with E-state index in [1.165, 1.54) is 23.3 Å². The van der Waals surface area contributed by atoms with Crippen LogP contribution in [0.2, 0.25) is 0 Å². The van der Waals surface area contributed by atoms with Crippen LogP contribution < -0.4 is 10.6 Å². The predicted octanol–water partition coefficient (Wildman–Crippen LogP) is 6.21. The third-order valence-electron chi connectivity index (χ3n) is 4.60. The summed E-state index contributed by atoms with van der Waals surface area (Å²) in [5.74, 6) is 0.162. The van der Waals surface area contributed by atoms with E-state index in [1.54, 1.807) is 6.07 Å². The van der Waals surface area contributed by atoms with E-state index in [9.17, 15) is 13.2 Å². The molecule has 3 rings (SSSR count). The maximum atomic E-state index is 13.1. The molecule has 0 unspecified atom stereocenters. The van der Waals surface area contributed by atoms with Crippen LogP contribution in [-0.4, -0.2) is 11.7 Å². The van der Waals surface area contributed by atoms with Crippen LogP contribution in [0.3, 0.4) is 0 Å². The van der Waals surface area contributed by atoms with Crippen molar-refractivity contribution in [3.05, 3.63) is 102 Å². The minimum atomic E-state index is -4.44. The van der Waals surface area contributed by atoms with Crippen molar-refractivity contribution in [2.45, 2.75) is 18.5 Å². The number of hydrogen-bond acceptors (Lipinski definition) is 1. The second-order valence-electron chi connectivity index (χ2n) is 6.59. The standard InChI is InChI=1S/C23H21F3N2S/c24-23(25,26)20-13-7-8-14-21(20)28-22(29)27-16-15-19(17-9-3-1-4-10-17)18-11-5-2-6-12-18/h1-14,19H,15-16H2,(H2,27,28,29). The summed E-state index contributed by atoms with van der Waals surface area (Å²) >= 11 is 5.21. The van der Waals surface area contributed by atoms with Crippen molar-refractivity contribution < 1.29 is 13.2 Å². The number of nitrogens with one attached hydrogen (secondary N) is 2. The Balaban J connectivity index is 1.64. The summed E-state index contributed by atoms with van der Waals surface area (Å²) < 4.78 is 39.4. The molecule has 0 fully saturated rings. The molecule has 0 saturated carbocycles. The van der Waals surface area contributed by atoms with E-state index in [0.717, 1.165) is 12.5 Å². The largest absolute Gasteiger partial charge is 0.418 e. The van der Waals surface area contributed by atoms with Crippen LogP contribution in [-0.2, 0) is 6.18 Å². The van der Waals surface area contributed by atoms with Crippen LogP contribution in [0.4, 0.5) is 18.9 Å². The van der Waals surface area contributed by atoms with Gasteiger partial charge in [-0.05, 0) is 41.9 Å². The van der Waals surface area contributed by atoms with E-state index in [0.29, 0.717) is 6.54 Å². The number of para-hydroxylation sites is 1. The van der Waals surface area contributed by atoms with Crippen molar-refractivity contribution in [2.24, 2.45) is 0 Å². The highest BCUT2D eigenvalue weighted by Gasteiger charge is 2.33. The first-order chi connectivity index (χ1) is 13.9. The van der Waals surface area contributed by atoms with Crippen molar-refractivity contribution in [1.82, 2.24) is 5.32 Å². The van der Waals surface area contributed by atoms with E-state index in [-0.39, 0.29) is 16.7 Å². The van der Waals surface area contributed by atoms with Gasteiger partial charge in [-0.3, -0.25) is 0 Å². The van der Waals surface area contributed by atoms with Gasteiger partial charge in [0, 0.05) is 12.5 Å². The Labute approximate surface area is 173 Å². The van der Waals surface area contributed by atoms with Crippen molar-refractivity contribution in [1.29, 1.82) is 0 Å². The maximum Gasteiger partial charge on any atom is 0.418 e. The molecule has 0 aliphatic rings. The van der Waals surface area contributed by atoms with Crippen molar-refractivity contribution in [3.8, 4) is 0 Å². The normalized spacial score (nSPS) is 11.3. The zero-order valence-corrected chi connectivity index (χ0v) is 16.4. The Morgan fingerprint density at radius 3 is 1.86 bits per heavy atom. The molecule has 0 aromatic heterocycles. The van der Waals surface area contributed by atoms with Crippen molar-refractivity contribution in [3.63, 3.8) is 0 Å². The molecule has 2 N–H and O–H groups in total. The van der Waals surface area contributed by atoms with Gasteiger partial charge < -0.3 is 10.6 Å². The van der Waals surface area contributed by atoms with Gasteiger partial charge in [0.05, 0.1) is 11.3 Å². The first-order valence-corrected chi connectivity index (χ1v) is 9.67. The Bertz CT molecular complexity index is 888. The summed E-state index contributed by atoms with van der Waals surface area (Å²) in [6.07, 6.45) is -3.69. The van der Waals surface area contributed by atoms with Crippen LogP contribution >= 0.6 is 12.2 Å². The molecule has 29 heavy (non-hydrogen) atoms. The fourth-order valence-electron chi connectivity index (χ4n) is 3.23. The maximum absolute atomic E-state index is 13.1. The highest BCUT2D eigenvalue weighted by Crippen LogP contribution is 2.34. The number of anilines is 1. The molecular formula is C23H21F3N2S. The minimum Gasteiger partial charge on any atom is -0.362 e. The summed E-state index contributed by atoms with van der Waals surface area (Å²) in [4.78, 5) is 0. The smallest absolute Gasteiger partial charge is 0.362 e. The van der Waals surface area contributed by atoms with Crippen LogP contribution in [0.1, 0.15) is 29.0 Å².